The molecule has 4 nitrogen and oxygen atoms in total. The van der Waals surface area contributed by atoms with Crippen molar-refractivity contribution in [1.29, 1.82) is 0 Å². The average Bonchev–Trinajstić information content (AvgIpc) is 3.03. The molecule has 1 aromatic heterocycles. The normalized spacial score (nSPS) is 33.8. The fourth-order valence-electron chi connectivity index (χ4n) is 9.79. The molecule has 6 atom stereocenters. The molecule has 1 aromatic carbocycles. The number of hydrogen-bond acceptors (Lipinski definition) is 4. The van der Waals surface area contributed by atoms with Gasteiger partial charge in [-0.1, -0.05) is 48.4 Å². The van der Waals surface area contributed by atoms with Gasteiger partial charge in [-0.15, -0.1) is 11.8 Å². The standard InChI is InChI=1S/C39H52N4/c40-23-20-32-33-16-8-9-18-36(33)41-37-19-11-14-25-43-28-31-27-30-15-7-5-3-1-2-4-6-13-24-42-26-21-35(31)39(29-42,38(30)43)22-12-10-17-34(32)37/h8-10,16-18,27,31,35,38H,2,4-7,11-15,19-26,28-29,40H2/b17-10-/t31-,35-,38-,39-/m1/s1. The van der Waals surface area contributed by atoms with Crippen LogP contribution < -0.4 is 5.73 Å². The van der Waals surface area contributed by atoms with E-state index in [9.17, 15) is 0 Å². The van der Waals surface area contributed by atoms with Gasteiger partial charge in [0, 0.05) is 48.5 Å². The Morgan fingerprint density at radius 1 is 0.953 bits per heavy atom. The van der Waals surface area contributed by atoms with Crippen LogP contribution in [0.4, 0.5) is 0 Å². The third-order valence-corrected chi connectivity index (χ3v) is 11.5. The van der Waals surface area contributed by atoms with E-state index in [1.54, 1.807) is 5.57 Å². The summed E-state index contributed by atoms with van der Waals surface area (Å²) in [5, 5.41) is 1.28. The average molecular weight is 577 g/mol. The molecular weight excluding hydrogens is 524 g/mol. The number of benzene rings is 1. The summed E-state index contributed by atoms with van der Waals surface area (Å²) in [5.41, 5.74) is 13.5. The van der Waals surface area contributed by atoms with E-state index in [2.05, 4.69) is 64.1 Å². The summed E-state index contributed by atoms with van der Waals surface area (Å²) in [6, 6.07) is 9.31. The molecule has 0 radical (unpaired) electrons. The van der Waals surface area contributed by atoms with Gasteiger partial charge in [0.25, 0.3) is 0 Å². The molecule has 5 aliphatic heterocycles. The monoisotopic (exact) mass is 576 g/mol. The van der Waals surface area contributed by atoms with E-state index in [4.69, 9.17) is 10.7 Å². The Kier molecular flexibility index (Phi) is 9.03. The minimum Gasteiger partial charge on any atom is -0.330 e. The smallest absolute Gasteiger partial charge is 0.0708 e. The van der Waals surface area contributed by atoms with Gasteiger partial charge in [0.2, 0.25) is 0 Å². The molecule has 43 heavy (non-hydrogen) atoms. The van der Waals surface area contributed by atoms with E-state index in [0.29, 0.717) is 18.0 Å². The van der Waals surface area contributed by atoms with Crippen LogP contribution in [0, 0.1) is 29.1 Å². The topological polar surface area (TPSA) is 45.4 Å². The predicted octanol–water partition coefficient (Wildman–Crippen LogP) is 7.16. The number of allylic oxidation sites excluding steroid dienone is 1. The molecule has 0 amide bonds. The number of pyridine rings is 1. The molecule has 2 N–H and O–H groups in total. The van der Waals surface area contributed by atoms with Crippen molar-refractivity contribution in [3.63, 3.8) is 0 Å². The van der Waals surface area contributed by atoms with Gasteiger partial charge < -0.3 is 10.6 Å². The first-order valence-corrected chi connectivity index (χ1v) is 17.7. The van der Waals surface area contributed by atoms with Gasteiger partial charge in [0.15, 0.2) is 0 Å². The molecule has 2 fully saturated rings. The number of rotatable bonds is 2. The third-order valence-electron chi connectivity index (χ3n) is 11.5. The number of aromatic nitrogens is 1. The van der Waals surface area contributed by atoms with Gasteiger partial charge >= 0.3 is 0 Å². The zero-order valence-corrected chi connectivity index (χ0v) is 26.3. The molecule has 6 heterocycles. The highest BCUT2D eigenvalue weighted by Gasteiger charge is 2.58. The fraction of sp³-hybridized carbons (Fsp3) is 0.615. The van der Waals surface area contributed by atoms with E-state index in [0.717, 1.165) is 49.5 Å². The van der Waals surface area contributed by atoms with Crippen LogP contribution in [0.1, 0.15) is 93.9 Å². The predicted molar refractivity (Wildman–Crippen MR) is 180 cm³/mol. The van der Waals surface area contributed by atoms with Gasteiger partial charge in [-0.05, 0) is 126 Å². The largest absolute Gasteiger partial charge is 0.330 e. The first-order valence-electron chi connectivity index (χ1n) is 17.7. The van der Waals surface area contributed by atoms with E-state index in [-0.39, 0.29) is 0 Å². The molecule has 0 saturated carbocycles. The molecule has 2 aromatic rings. The Morgan fingerprint density at radius 3 is 2.77 bits per heavy atom. The van der Waals surface area contributed by atoms with Crippen LogP contribution in [-0.2, 0) is 12.8 Å². The highest BCUT2D eigenvalue weighted by molar-refractivity contribution is 5.86. The summed E-state index contributed by atoms with van der Waals surface area (Å²) in [5.74, 6) is 8.56. The molecule has 1 spiro atoms. The second-order valence-electron chi connectivity index (χ2n) is 14.1. The maximum atomic E-state index is 6.19. The second kappa shape index (κ2) is 13.3. The molecule has 6 bridgehead atoms. The van der Waals surface area contributed by atoms with Crippen molar-refractivity contribution in [2.75, 3.05) is 39.3 Å². The molecule has 8 rings (SSSR count). The molecule has 1 aliphatic carbocycles. The minimum absolute atomic E-state index is 0.361. The zero-order chi connectivity index (χ0) is 29.1. The van der Waals surface area contributed by atoms with Gasteiger partial charge in [0.1, 0.15) is 0 Å². The lowest BCUT2D eigenvalue weighted by atomic mass is 9.52. The fourth-order valence-corrected chi connectivity index (χ4v) is 9.79. The summed E-state index contributed by atoms with van der Waals surface area (Å²) in [6.07, 6.45) is 24.5. The lowest BCUT2D eigenvalue weighted by Gasteiger charge is -2.64. The van der Waals surface area contributed by atoms with Crippen molar-refractivity contribution in [2.45, 2.75) is 95.9 Å². The van der Waals surface area contributed by atoms with Crippen LogP contribution in [-0.4, -0.2) is 60.1 Å². The number of para-hydroxylation sites is 1. The van der Waals surface area contributed by atoms with E-state index >= 15 is 0 Å². The number of fused-ring (bicyclic) bond motifs is 3. The summed E-state index contributed by atoms with van der Waals surface area (Å²) in [6.45, 7) is 7.02. The van der Waals surface area contributed by atoms with Crippen LogP contribution in [0.3, 0.4) is 0 Å². The lowest BCUT2D eigenvalue weighted by Crippen LogP contribution is -2.68. The maximum Gasteiger partial charge on any atom is 0.0708 e. The molecule has 2 unspecified atom stereocenters. The Labute approximate surface area is 260 Å². The molecular formula is C39H52N4. The van der Waals surface area contributed by atoms with Crippen molar-refractivity contribution in [3.8, 4) is 11.8 Å². The summed E-state index contributed by atoms with van der Waals surface area (Å²) in [7, 11) is 0. The number of nitrogens with two attached hydrogens (primary N) is 1. The van der Waals surface area contributed by atoms with Crippen LogP contribution in [0.5, 0.6) is 0 Å². The van der Waals surface area contributed by atoms with Crippen molar-refractivity contribution in [1.82, 2.24) is 14.8 Å². The Hall–Kier alpha value is -2.45. The number of aryl methyl sites for hydroxylation is 1. The van der Waals surface area contributed by atoms with Gasteiger partial charge in [0.05, 0.1) is 5.52 Å². The van der Waals surface area contributed by atoms with E-state index < -0.39 is 0 Å². The zero-order valence-electron chi connectivity index (χ0n) is 26.3. The SMILES string of the molecule is NCCc1c2c(nc3ccccc13)CCCCN1C[C@H]3C=C4CCCC#CCCCCCN5CC[C@H]3[C@@](CC/C=C\2)(C5)[C@@H]41. The van der Waals surface area contributed by atoms with Crippen molar-refractivity contribution < 1.29 is 0 Å². The quantitative estimate of drug-likeness (QED) is 0.304. The van der Waals surface area contributed by atoms with Crippen molar-refractivity contribution in [2.24, 2.45) is 23.0 Å². The summed E-state index contributed by atoms with van der Waals surface area (Å²) in [4.78, 5) is 11.1. The van der Waals surface area contributed by atoms with Gasteiger partial charge in [-0.25, -0.2) is 0 Å². The molecule has 4 heteroatoms. The Bertz CT molecular complexity index is 1410. The first kappa shape index (κ1) is 29.3. The van der Waals surface area contributed by atoms with Crippen LogP contribution >= 0.6 is 0 Å². The van der Waals surface area contributed by atoms with E-state index in [1.807, 2.05) is 0 Å². The first-order chi connectivity index (χ1) is 21.3. The Morgan fingerprint density at radius 2 is 1.84 bits per heavy atom. The minimum atomic E-state index is 0.361. The maximum absolute atomic E-state index is 6.19. The molecule has 6 aliphatic rings. The summed E-state index contributed by atoms with van der Waals surface area (Å²) >= 11 is 0. The number of hydrogen-bond donors (Lipinski definition) is 1. The molecule has 228 valence electrons. The van der Waals surface area contributed by atoms with Crippen molar-refractivity contribution >= 4 is 17.0 Å². The third kappa shape index (κ3) is 5.86. The number of nitrogens with zero attached hydrogens (tertiary/aromatic N) is 3. The number of piperidine rings is 2. The van der Waals surface area contributed by atoms with Gasteiger partial charge in [-0.3, -0.25) is 9.88 Å². The second-order valence-corrected chi connectivity index (χ2v) is 14.1. The van der Waals surface area contributed by atoms with E-state index in [1.165, 1.54) is 113 Å². The van der Waals surface area contributed by atoms with Crippen molar-refractivity contribution in [3.05, 3.63) is 58.8 Å². The molecule has 2 saturated heterocycles. The lowest BCUT2D eigenvalue weighted by molar-refractivity contribution is -0.110. The Balaban J connectivity index is 1.25. The van der Waals surface area contributed by atoms with Crippen LogP contribution in [0.25, 0.3) is 17.0 Å². The highest BCUT2D eigenvalue weighted by atomic mass is 15.2. The van der Waals surface area contributed by atoms with Crippen LogP contribution in [0.15, 0.2) is 42.0 Å². The van der Waals surface area contributed by atoms with Gasteiger partial charge in [-0.2, -0.15) is 0 Å². The van der Waals surface area contributed by atoms with Crippen LogP contribution in [0.2, 0.25) is 0 Å². The highest BCUT2D eigenvalue weighted by Crippen LogP contribution is 2.57. The summed E-state index contributed by atoms with van der Waals surface area (Å²) < 4.78 is 0.